The van der Waals surface area contributed by atoms with Crippen molar-refractivity contribution in [1.29, 1.82) is 0 Å². The molecule has 0 atom stereocenters. The van der Waals surface area contributed by atoms with Crippen LogP contribution < -0.4 is 10.0 Å². The van der Waals surface area contributed by atoms with Gasteiger partial charge in [-0.2, -0.15) is 0 Å². The highest BCUT2D eigenvalue weighted by atomic mass is 35.5. The Kier molecular flexibility index (Phi) is 4.86. The van der Waals surface area contributed by atoms with E-state index in [1.165, 1.54) is 12.1 Å². The predicted octanol–water partition coefficient (Wildman–Crippen LogP) is 2.19. The Morgan fingerprint density at radius 2 is 1.95 bits per heavy atom. The summed E-state index contributed by atoms with van der Waals surface area (Å²) in [5.41, 5.74) is 1.06. The number of halogens is 2. The van der Waals surface area contributed by atoms with E-state index in [4.69, 9.17) is 23.2 Å². The first-order valence-corrected chi connectivity index (χ1v) is 8.07. The lowest BCUT2D eigenvalue weighted by Gasteiger charge is -2.15. The molecule has 2 N–H and O–H groups in total. The minimum absolute atomic E-state index is 0.0622. The average molecular weight is 321 g/mol. The summed E-state index contributed by atoms with van der Waals surface area (Å²) in [7, 11) is -3.70. The lowest BCUT2D eigenvalue weighted by atomic mass is 10.1. The number of sulfonamides is 1. The summed E-state index contributed by atoms with van der Waals surface area (Å²) >= 11 is 11.8. The average Bonchev–Trinajstić information content (AvgIpc) is 2.37. The summed E-state index contributed by atoms with van der Waals surface area (Å²) in [5.74, 6) is 0. The summed E-state index contributed by atoms with van der Waals surface area (Å²) in [6, 6.07) is 4.62. The van der Waals surface area contributed by atoms with Crippen LogP contribution in [0.5, 0.6) is 0 Å². The molecule has 1 aromatic carbocycles. The van der Waals surface area contributed by atoms with Crippen LogP contribution in [0.2, 0.25) is 10.0 Å². The molecule has 0 radical (unpaired) electrons. The number of benzene rings is 1. The fourth-order valence-corrected chi connectivity index (χ4v) is 4.01. The van der Waals surface area contributed by atoms with Crippen LogP contribution in [-0.4, -0.2) is 28.1 Å². The maximum atomic E-state index is 12.2. The standard InChI is InChI=1S/C12H14Cl2N2O2S/c13-10-2-1-3-11(14)12(10)19(17,18)16-8-9-4-6-15-7-5-9/h1-4,15-16H,5-8H2. The van der Waals surface area contributed by atoms with Crippen LogP contribution >= 0.6 is 23.2 Å². The summed E-state index contributed by atoms with van der Waals surface area (Å²) in [6.45, 7) is 1.91. The Hall–Kier alpha value is -0.590. The van der Waals surface area contributed by atoms with Crippen LogP contribution in [-0.2, 0) is 10.0 Å². The van der Waals surface area contributed by atoms with Crippen LogP contribution in [0.1, 0.15) is 6.42 Å². The monoisotopic (exact) mass is 320 g/mol. The van der Waals surface area contributed by atoms with Crippen LogP contribution in [0.25, 0.3) is 0 Å². The minimum Gasteiger partial charge on any atom is -0.313 e. The molecule has 1 aromatic rings. The smallest absolute Gasteiger partial charge is 0.243 e. The topological polar surface area (TPSA) is 58.2 Å². The molecule has 0 fully saturated rings. The molecule has 0 saturated heterocycles. The van der Waals surface area contributed by atoms with Gasteiger partial charge in [0.2, 0.25) is 10.0 Å². The zero-order chi connectivity index (χ0) is 13.9. The Morgan fingerprint density at radius 1 is 1.26 bits per heavy atom. The van der Waals surface area contributed by atoms with E-state index in [1.54, 1.807) is 6.07 Å². The van der Waals surface area contributed by atoms with Gasteiger partial charge in [-0.1, -0.05) is 40.9 Å². The minimum atomic E-state index is -3.70. The van der Waals surface area contributed by atoms with E-state index in [2.05, 4.69) is 10.0 Å². The number of rotatable bonds is 4. The lowest BCUT2D eigenvalue weighted by Crippen LogP contribution is -2.30. The molecule has 0 amide bonds. The van der Waals surface area contributed by atoms with Gasteiger partial charge in [0.1, 0.15) is 4.90 Å². The third kappa shape index (κ3) is 3.70. The second-order valence-corrected chi connectivity index (χ2v) is 6.71. The van der Waals surface area contributed by atoms with Gasteiger partial charge in [-0.3, -0.25) is 0 Å². The molecule has 4 nitrogen and oxygen atoms in total. The van der Waals surface area contributed by atoms with E-state index in [9.17, 15) is 8.42 Å². The van der Waals surface area contributed by atoms with Crippen molar-refractivity contribution in [2.45, 2.75) is 11.3 Å². The molecule has 0 aromatic heterocycles. The second kappa shape index (κ2) is 6.24. The number of hydrogen-bond donors (Lipinski definition) is 2. The van der Waals surface area contributed by atoms with Crippen LogP contribution in [0, 0.1) is 0 Å². The van der Waals surface area contributed by atoms with E-state index < -0.39 is 10.0 Å². The van der Waals surface area contributed by atoms with Crippen LogP contribution in [0.4, 0.5) is 0 Å². The van der Waals surface area contributed by atoms with Gasteiger partial charge >= 0.3 is 0 Å². The summed E-state index contributed by atoms with van der Waals surface area (Å²) < 4.78 is 26.9. The van der Waals surface area contributed by atoms with Crippen LogP contribution in [0.15, 0.2) is 34.7 Å². The zero-order valence-corrected chi connectivity index (χ0v) is 12.4. The van der Waals surface area contributed by atoms with Gasteiger partial charge in [0.15, 0.2) is 0 Å². The molecule has 0 saturated carbocycles. The molecule has 0 aliphatic carbocycles. The zero-order valence-electron chi connectivity index (χ0n) is 10.1. The quantitative estimate of drug-likeness (QED) is 0.836. The maximum absolute atomic E-state index is 12.2. The maximum Gasteiger partial charge on any atom is 0.243 e. The Morgan fingerprint density at radius 3 is 2.53 bits per heavy atom. The van der Waals surface area contributed by atoms with Crippen molar-refractivity contribution in [2.75, 3.05) is 19.6 Å². The number of hydrogen-bond acceptors (Lipinski definition) is 3. The SMILES string of the molecule is O=S(=O)(NCC1=CCNCC1)c1c(Cl)cccc1Cl. The van der Waals surface area contributed by atoms with E-state index in [0.717, 1.165) is 25.1 Å². The fraction of sp³-hybridized carbons (Fsp3) is 0.333. The third-order valence-electron chi connectivity index (χ3n) is 2.83. The van der Waals surface area contributed by atoms with Gasteiger partial charge in [-0.25, -0.2) is 13.1 Å². The van der Waals surface area contributed by atoms with Crippen molar-refractivity contribution in [3.63, 3.8) is 0 Å². The Bertz CT molecular complexity index is 579. The molecular formula is C12H14Cl2N2O2S. The van der Waals surface area contributed by atoms with Crippen molar-refractivity contribution in [3.05, 3.63) is 39.9 Å². The lowest BCUT2D eigenvalue weighted by molar-refractivity contribution is 0.582. The summed E-state index contributed by atoms with van der Waals surface area (Å²) in [6.07, 6.45) is 2.82. The van der Waals surface area contributed by atoms with Gasteiger partial charge in [0, 0.05) is 13.1 Å². The predicted molar refractivity (Wildman–Crippen MR) is 77.2 cm³/mol. The first kappa shape index (κ1) is 14.8. The molecule has 7 heteroatoms. The van der Waals surface area contributed by atoms with E-state index in [-0.39, 0.29) is 21.5 Å². The molecular weight excluding hydrogens is 307 g/mol. The van der Waals surface area contributed by atoms with E-state index in [0.29, 0.717) is 0 Å². The van der Waals surface area contributed by atoms with Gasteiger partial charge in [-0.05, 0) is 25.1 Å². The van der Waals surface area contributed by atoms with Crippen molar-refractivity contribution < 1.29 is 8.42 Å². The molecule has 2 rings (SSSR count). The van der Waals surface area contributed by atoms with Gasteiger partial charge < -0.3 is 5.32 Å². The van der Waals surface area contributed by atoms with Crippen molar-refractivity contribution in [2.24, 2.45) is 0 Å². The summed E-state index contributed by atoms with van der Waals surface area (Å²) in [4.78, 5) is -0.0622. The molecule has 104 valence electrons. The Balaban J connectivity index is 2.16. The normalized spacial score (nSPS) is 16.2. The molecule has 0 spiro atoms. The highest BCUT2D eigenvalue weighted by molar-refractivity contribution is 7.89. The van der Waals surface area contributed by atoms with E-state index in [1.807, 2.05) is 6.08 Å². The van der Waals surface area contributed by atoms with Crippen molar-refractivity contribution in [3.8, 4) is 0 Å². The van der Waals surface area contributed by atoms with Crippen molar-refractivity contribution in [1.82, 2.24) is 10.0 Å². The van der Waals surface area contributed by atoms with Gasteiger partial charge in [-0.15, -0.1) is 0 Å². The summed E-state index contributed by atoms with van der Waals surface area (Å²) in [5, 5.41) is 3.41. The third-order valence-corrected chi connectivity index (χ3v) is 5.19. The van der Waals surface area contributed by atoms with Gasteiger partial charge in [0.05, 0.1) is 10.0 Å². The molecule has 1 aliphatic heterocycles. The largest absolute Gasteiger partial charge is 0.313 e. The fourth-order valence-electron chi connectivity index (χ4n) is 1.83. The molecule has 19 heavy (non-hydrogen) atoms. The second-order valence-electron chi connectivity index (χ2n) is 4.19. The van der Waals surface area contributed by atoms with Crippen molar-refractivity contribution >= 4 is 33.2 Å². The number of nitrogens with one attached hydrogen (secondary N) is 2. The first-order chi connectivity index (χ1) is 9.00. The van der Waals surface area contributed by atoms with Gasteiger partial charge in [0.25, 0.3) is 0 Å². The highest BCUT2D eigenvalue weighted by Crippen LogP contribution is 2.28. The first-order valence-electron chi connectivity index (χ1n) is 5.83. The molecule has 1 heterocycles. The van der Waals surface area contributed by atoms with E-state index >= 15 is 0 Å². The molecule has 0 unspecified atom stereocenters. The highest BCUT2D eigenvalue weighted by Gasteiger charge is 2.21. The molecule has 0 bridgehead atoms. The van der Waals surface area contributed by atoms with Crippen LogP contribution in [0.3, 0.4) is 0 Å². The Labute approximate surface area is 122 Å². The molecule has 1 aliphatic rings.